The van der Waals surface area contributed by atoms with Gasteiger partial charge in [-0.3, -0.25) is 4.90 Å². The molecule has 21 heavy (non-hydrogen) atoms. The van der Waals surface area contributed by atoms with Gasteiger partial charge in [-0.05, 0) is 26.8 Å². The third kappa shape index (κ3) is 4.03. The molecule has 0 aromatic carbocycles. The highest BCUT2D eigenvalue weighted by Gasteiger charge is 2.38. The van der Waals surface area contributed by atoms with Crippen LogP contribution in [0.2, 0.25) is 0 Å². The van der Waals surface area contributed by atoms with Crippen molar-refractivity contribution in [1.82, 2.24) is 15.2 Å². The van der Waals surface area contributed by atoms with Crippen molar-refractivity contribution in [3.63, 3.8) is 0 Å². The molecule has 1 aliphatic heterocycles. The first kappa shape index (κ1) is 16.9. The van der Waals surface area contributed by atoms with Crippen LogP contribution < -0.4 is 5.32 Å². The lowest BCUT2D eigenvalue weighted by Gasteiger charge is -2.48. The Hall–Kier alpha value is -0.490. The van der Waals surface area contributed by atoms with Gasteiger partial charge in [0.15, 0.2) is 0 Å². The molecular formula is C16H29N3OS. The molecule has 2 unspecified atom stereocenters. The fraction of sp³-hybridized carbons (Fsp3) is 0.812. The molecule has 1 aromatic heterocycles. The summed E-state index contributed by atoms with van der Waals surface area (Å²) in [6, 6.07) is 0.423. The fourth-order valence-corrected chi connectivity index (χ4v) is 3.86. The lowest BCUT2D eigenvalue weighted by molar-refractivity contribution is -0.0321. The molecule has 1 saturated heterocycles. The molecule has 5 heteroatoms. The third-order valence-electron chi connectivity index (χ3n) is 4.73. The van der Waals surface area contributed by atoms with E-state index in [4.69, 9.17) is 4.74 Å². The van der Waals surface area contributed by atoms with Crippen molar-refractivity contribution in [3.05, 3.63) is 16.1 Å². The fourth-order valence-electron chi connectivity index (χ4n) is 3.23. The molecule has 0 amide bonds. The molecule has 1 fully saturated rings. The van der Waals surface area contributed by atoms with Crippen LogP contribution in [0.4, 0.5) is 0 Å². The average molecular weight is 311 g/mol. The van der Waals surface area contributed by atoms with Gasteiger partial charge in [0.1, 0.15) is 0 Å². The molecular weight excluding hydrogens is 282 g/mol. The Bertz CT molecular complexity index is 431. The highest BCUT2D eigenvalue weighted by Crippen LogP contribution is 2.27. The first-order valence-electron chi connectivity index (χ1n) is 8.07. The largest absolute Gasteiger partial charge is 0.379 e. The lowest BCUT2D eigenvalue weighted by Crippen LogP contribution is -2.62. The molecule has 2 heterocycles. The number of thiazole rings is 1. The molecule has 0 saturated carbocycles. The van der Waals surface area contributed by atoms with Gasteiger partial charge in [0, 0.05) is 36.5 Å². The van der Waals surface area contributed by atoms with Gasteiger partial charge in [0.05, 0.1) is 23.9 Å². The summed E-state index contributed by atoms with van der Waals surface area (Å²) < 4.78 is 5.53. The smallest absolute Gasteiger partial charge is 0.0897 e. The number of rotatable bonds is 7. The van der Waals surface area contributed by atoms with Crippen molar-refractivity contribution in [2.75, 3.05) is 32.8 Å². The Morgan fingerprint density at radius 1 is 1.43 bits per heavy atom. The number of aromatic nitrogens is 1. The number of nitrogens with one attached hydrogen (secondary N) is 1. The Balaban J connectivity index is 2.15. The van der Waals surface area contributed by atoms with E-state index >= 15 is 0 Å². The second-order valence-electron chi connectivity index (χ2n) is 5.98. The summed E-state index contributed by atoms with van der Waals surface area (Å²) in [4.78, 5) is 7.26. The van der Waals surface area contributed by atoms with Crippen molar-refractivity contribution >= 4 is 11.3 Å². The van der Waals surface area contributed by atoms with E-state index in [1.165, 1.54) is 5.69 Å². The predicted molar refractivity (Wildman–Crippen MR) is 89.1 cm³/mol. The second kappa shape index (κ2) is 7.68. The van der Waals surface area contributed by atoms with E-state index in [2.05, 4.69) is 48.3 Å². The molecule has 4 nitrogen and oxygen atoms in total. The zero-order valence-corrected chi connectivity index (χ0v) is 14.6. The van der Waals surface area contributed by atoms with Crippen LogP contribution in [-0.2, 0) is 11.2 Å². The maximum absolute atomic E-state index is 5.53. The van der Waals surface area contributed by atoms with Gasteiger partial charge in [-0.2, -0.15) is 0 Å². The summed E-state index contributed by atoms with van der Waals surface area (Å²) in [5, 5.41) is 7.07. The molecule has 1 N–H and O–H groups in total. The standard InChI is InChI=1S/C16H29N3OS/c1-5-16(4,19-7-9-20-10-8-19)15(17-6-2)11-14-12-21-13(3)18-14/h12,15,17H,5-11H2,1-4H3. The summed E-state index contributed by atoms with van der Waals surface area (Å²) in [6.45, 7) is 13.7. The predicted octanol–water partition coefficient (Wildman–Crippen LogP) is 2.47. The maximum Gasteiger partial charge on any atom is 0.0897 e. The number of likely N-dealkylation sites (N-methyl/N-ethyl adjacent to an activating group) is 1. The van der Waals surface area contributed by atoms with Crippen molar-refractivity contribution < 1.29 is 4.74 Å². The number of nitrogens with zero attached hydrogens (tertiary/aromatic N) is 2. The quantitative estimate of drug-likeness (QED) is 0.839. The summed E-state index contributed by atoms with van der Waals surface area (Å²) in [5.74, 6) is 0. The monoisotopic (exact) mass is 311 g/mol. The van der Waals surface area contributed by atoms with Crippen LogP contribution in [0, 0.1) is 6.92 Å². The van der Waals surface area contributed by atoms with Crippen LogP contribution >= 0.6 is 11.3 Å². The lowest BCUT2D eigenvalue weighted by atomic mass is 9.84. The minimum atomic E-state index is 0.150. The van der Waals surface area contributed by atoms with Gasteiger partial charge in [-0.1, -0.05) is 13.8 Å². The Kier molecular flexibility index (Phi) is 6.17. The molecule has 0 bridgehead atoms. The highest BCUT2D eigenvalue weighted by molar-refractivity contribution is 7.09. The number of morpholine rings is 1. The second-order valence-corrected chi connectivity index (χ2v) is 7.04. The number of hydrogen-bond donors (Lipinski definition) is 1. The summed E-state index contributed by atoms with van der Waals surface area (Å²) in [5.41, 5.74) is 1.37. The zero-order chi connectivity index (χ0) is 15.3. The summed E-state index contributed by atoms with van der Waals surface area (Å²) >= 11 is 1.75. The van der Waals surface area contributed by atoms with Crippen LogP contribution in [0.1, 0.15) is 37.9 Å². The molecule has 2 atom stereocenters. The number of hydrogen-bond acceptors (Lipinski definition) is 5. The normalized spacial score (nSPS) is 21.1. The van der Waals surface area contributed by atoms with Gasteiger partial charge in [0.25, 0.3) is 0 Å². The van der Waals surface area contributed by atoms with Gasteiger partial charge in [0.2, 0.25) is 0 Å². The third-order valence-corrected chi connectivity index (χ3v) is 5.55. The molecule has 1 aliphatic rings. The maximum atomic E-state index is 5.53. The number of aryl methyl sites for hydroxylation is 1. The van der Waals surface area contributed by atoms with Crippen molar-refractivity contribution in [2.45, 2.75) is 52.1 Å². The number of ether oxygens (including phenoxy) is 1. The van der Waals surface area contributed by atoms with Crippen LogP contribution in [0.3, 0.4) is 0 Å². The van der Waals surface area contributed by atoms with Crippen molar-refractivity contribution in [3.8, 4) is 0 Å². The van der Waals surface area contributed by atoms with Gasteiger partial charge < -0.3 is 10.1 Å². The highest BCUT2D eigenvalue weighted by atomic mass is 32.1. The topological polar surface area (TPSA) is 37.4 Å². The van der Waals surface area contributed by atoms with Crippen LogP contribution in [0.15, 0.2) is 5.38 Å². The first-order valence-corrected chi connectivity index (χ1v) is 8.95. The first-order chi connectivity index (χ1) is 10.1. The van der Waals surface area contributed by atoms with E-state index in [1.54, 1.807) is 11.3 Å². The summed E-state index contributed by atoms with van der Waals surface area (Å²) in [7, 11) is 0. The Labute approximate surface area is 132 Å². The van der Waals surface area contributed by atoms with E-state index in [0.29, 0.717) is 6.04 Å². The molecule has 0 aliphatic carbocycles. The van der Waals surface area contributed by atoms with Crippen LogP contribution in [0.5, 0.6) is 0 Å². The molecule has 0 radical (unpaired) electrons. The van der Waals surface area contributed by atoms with Gasteiger partial charge in [-0.15, -0.1) is 11.3 Å². The zero-order valence-electron chi connectivity index (χ0n) is 13.8. The van der Waals surface area contributed by atoms with Crippen LogP contribution in [0.25, 0.3) is 0 Å². The molecule has 2 rings (SSSR count). The minimum Gasteiger partial charge on any atom is -0.379 e. The molecule has 120 valence electrons. The van der Waals surface area contributed by atoms with E-state index in [-0.39, 0.29) is 5.54 Å². The molecule has 0 spiro atoms. The minimum absolute atomic E-state index is 0.150. The van der Waals surface area contributed by atoms with Crippen molar-refractivity contribution in [2.24, 2.45) is 0 Å². The average Bonchev–Trinajstić information content (AvgIpc) is 2.92. The van der Waals surface area contributed by atoms with E-state index in [0.717, 1.165) is 50.7 Å². The van der Waals surface area contributed by atoms with Gasteiger partial charge in [-0.25, -0.2) is 4.98 Å². The Morgan fingerprint density at radius 3 is 2.67 bits per heavy atom. The Morgan fingerprint density at radius 2 is 2.14 bits per heavy atom. The van der Waals surface area contributed by atoms with Gasteiger partial charge >= 0.3 is 0 Å². The van der Waals surface area contributed by atoms with E-state index in [1.807, 2.05) is 0 Å². The van der Waals surface area contributed by atoms with E-state index < -0.39 is 0 Å². The SMILES string of the molecule is CCNC(Cc1csc(C)n1)C(C)(CC)N1CCOCC1. The summed E-state index contributed by atoms with van der Waals surface area (Å²) in [6.07, 6.45) is 2.13. The van der Waals surface area contributed by atoms with Crippen molar-refractivity contribution in [1.29, 1.82) is 0 Å². The molecule has 1 aromatic rings. The van der Waals surface area contributed by atoms with Crippen LogP contribution in [-0.4, -0.2) is 54.3 Å². The van der Waals surface area contributed by atoms with E-state index in [9.17, 15) is 0 Å².